The average Bonchev–Trinajstić information content (AvgIpc) is 2.38. The van der Waals surface area contributed by atoms with Crippen LogP contribution in [-0.4, -0.2) is 32.3 Å². The lowest BCUT2D eigenvalue weighted by Gasteiger charge is -2.14. The van der Waals surface area contributed by atoms with Crippen LogP contribution in [0, 0.1) is 11.3 Å². The Labute approximate surface area is 121 Å². The van der Waals surface area contributed by atoms with Crippen molar-refractivity contribution in [2.45, 2.75) is 24.7 Å². The number of nitriles is 1. The molecule has 0 saturated heterocycles. The van der Waals surface area contributed by atoms with Gasteiger partial charge in [-0.05, 0) is 24.6 Å². The van der Waals surface area contributed by atoms with E-state index in [1.54, 1.807) is 6.07 Å². The van der Waals surface area contributed by atoms with Crippen molar-refractivity contribution < 1.29 is 26.7 Å². The van der Waals surface area contributed by atoms with E-state index >= 15 is 0 Å². The summed E-state index contributed by atoms with van der Waals surface area (Å²) >= 11 is 0. The van der Waals surface area contributed by atoms with E-state index in [0.29, 0.717) is 0 Å². The van der Waals surface area contributed by atoms with E-state index < -0.39 is 33.4 Å². The number of alkyl halides is 2. The number of carbonyl (C=O) groups is 1. The van der Waals surface area contributed by atoms with Crippen LogP contribution in [0.15, 0.2) is 24.3 Å². The van der Waals surface area contributed by atoms with Crippen molar-refractivity contribution in [2.75, 3.05) is 6.26 Å². The second-order valence-corrected chi connectivity index (χ2v) is 6.75. The number of halogens is 2. The van der Waals surface area contributed by atoms with Gasteiger partial charge in [0.1, 0.15) is 16.9 Å². The van der Waals surface area contributed by atoms with E-state index in [9.17, 15) is 22.0 Å². The number of nitrogens with zero attached hydrogens (tertiary/aromatic N) is 1. The van der Waals surface area contributed by atoms with Crippen LogP contribution < -0.4 is 4.74 Å². The lowest BCUT2D eigenvalue weighted by atomic mass is 9.94. The van der Waals surface area contributed by atoms with Gasteiger partial charge in [-0.1, -0.05) is 12.1 Å². The van der Waals surface area contributed by atoms with Gasteiger partial charge in [-0.25, -0.2) is 8.42 Å². The smallest absolute Gasteiger partial charge is 0.387 e. The molecule has 0 fully saturated rings. The predicted molar refractivity (Wildman–Crippen MR) is 70.7 cm³/mol. The molecule has 0 saturated carbocycles. The van der Waals surface area contributed by atoms with Gasteiger partial charge >= 0.3 is 6.61 Å². The molecule has 0 aliphatic heterocycles. The van der Waals surface area contributed by atoms with Crippen molar-refractivity contribution in [3.63, 3.8) is 0 Å². The summed E-state index contributed by atoms with van der Waals surface area (Å²) in [6, 6.07) is 6.65. The van der Waals surface area contributed by atoms with E-state index in [4.69, 9.17) is 5.26 Å². The highest BCUT2D eigenvalue weighted by Gasteiger charge is 2.31. The van der Waals surface area contributed by atoms with Crippen LogP contribution in [-0.2, 0) is 14.6 Å². The third kappa shape index (κ3) is 4.49. The SMILES string of the molecule is CC(C(=O)C(C#N)c1ccc(OC(F)F)cc1)S(C)(=O)=O. The Morgan fingerprint density at radius 1 is 1.29 bits per heavy atom. The van der Waals surface area contributed by atoms with Crippen LogP contribution in [0.5, 0.6) is 5.75 Å². The molecule has 0 aliphatic carbocycles. The Kier molecular flexibility index (Phi) is 5.38. The van der Waals surface area contributed by atoms with Crippen LogP contribution in [0.4, 0.5) is 8.78 Å². The van der Waals surface area contributed by atoms with Gasteiger partial charge in [-0.3, -0.25) is 4.79 Å². The van der Waals surface area contributed by atoms with Crippen LogP contribution in [0.2, 0.25) is 0 Å². The van der Waals surface area contributed by atoms with Gasteiger partial charge < -0.3 is 4.74 Å². The standard InChI is InChI=1S/C13H13F2NO4S/c1-8(21(2,18)19)12(17)11(7-16)9-3-5-10(6-4-9)20-13(14)15/h3-6,8,11,13H,1-2H3. The summed E-state index contributed by atoms with van der Waals surface area (Å²) in [5, 5.41) is 7.74. The molecule has 0 radical (unpaired) electrons. The minimum Gasteiger partial charge on any atom is -0.435 e. The van der Waals surface area contributed by atoms with Crippen molar-refractivity contribution in [2.24, 2.45) is 0 Å². The Bertz CT molecular complexity index is 650. The zero-order chi connectivity index (χ0) is 16.2. The number of ketones is 1. The van der Waals surface area contributed by atoms with Gasteiger partial charge in [-0.2, -0.15) is 14.0 Å². The first-order valence-electron chi connectivity index (χ1n) is 5.83. The summed E-state index contributed by atoms with van der Waals surface area (Å²) in [6.45, 7) is -1.77. The Hall–Kier alpha value is -2.01. The van der Waals surface area contributed by atoms with Gasteiger partial charge in [0.25, 0.3) is 0 Å². The molecule has 8 heteroatoms. The fourth-order valence-electron chi connectivity index (χ4n) is 1.59. The third-order valence-electron chi connectivity index (χ3n) is 2.90. The number of sulfone groups is 1. The molecule has 1 aromatic carbocycles. The molecular weight excluding hydrogens is 304 g/mol. The maximum atomic E-state index is 12.0. The molecule has 5 nitrogen and oxygen atoms in total. The van der Waals surface area contributed by atoms with E-state index in [0.717, 1.165) is 6.26 Å². The Morgan fingerprint density at radius 3 is 2.19 bits per heavy atom. The topological polar surface area (TPSA) is 84.2 Å². The monoisotopic (exact) mass is 317 g/mol. The number of rotatable bonds is 6. The average molecular weight is 317 g/mol. The van der Waals surface area contributed by atoms with Crippen molar-refractivity contribution in [1.82, 2.24) is 0 Å². The minimum absolute atomic E-state index is 0.117. The minimum atomic E-state index is -3.61. The van der Waals surface area contributed by atoms with Gasteiger partial charge in [0.2, 0.25) is 0 Å². The molecule has 0 N–H and O–H groups in total. The summed E-state index contributed by atoms with van der Waals surface area (Å²) in [7, 11) is -3.61. The van der Waals surface area contributed by atoms with Crippen molar-refractivity contribution in [3.05, 3.63) is 29.8 Å². The van der Waals surface area contributed by atoms with Crippen LogP contribution >= 0.6 is 0 Å². The lowest BCUT2D eigenvalue weighted by Crippen LogP contribution is -2.30. The van der Waals surface area contributed by atoms with E-state index in [1.165, 1.54) is 31.2 Å². The first-order valence-corrected chi connectivity index (χ1v) is 7.79. The van der Waals surface area contributed by atoms with Crippen LogP contribution in [0.25, 0.3) is 0 Å². The van der Waals surface area contributed by atoms with E-state index in [1.807, 2.05) is 0 Å². The maximum Gasteiger partial charge on any atom is 0.387 e. The van der Waals surface area contributed by atoms with Crippen molar-refractivity contribution in [1.29, 1.82) is 5.26 Å². The second-order valence-electron chi connectivity index (χ2n) is 4.38. The highest BCUT2D eigenvalue weighted by Crippen LogP contribution is 2.23. The molecule has 0 amide bonds. The molecule has 114 valence electrons. The van der Waals surface area contributed by atoms with E-state index in [-0.39, 0.29) is 11.3 Å². The third-order valence-corrected chi connectivity index (χ3v) is 4.41. The quantitative estimate of drug-likeness (QED) is 0.800. The first-order chi connectivity index (χ1) is 9.66. The van der Waals surface area contributed by atoms with E-state index in [2.05, 4.69) is 4.74 Å². The summed E-state index contributed by atoms with van der Waals surface area (Å²) in [4.78, 5) is 12.0. The highest BCUT2D eigenvalue weighted by atomic mass is 32.2. The molecular formula is C13H13F2NO4S. The molecule has 0 bridgehead atoms. The van der Waals surface area contributed by atoms with Crippen LogP contribution in [0.1, 0.15) is 18.4 Å². The zero-order valence-electron chi connectivity index (χ0n) is 11.3. The van der Waals surface area contributed by atoms with Gasteiger partial charge in [0.05, 0.1) is 6.07 Å². The lowest BCUT2D eigenvalue weighted by molar-refractivity contribution is -0.118. The number of carbonyl (C=O) groups excluding carboxylic acids is 1. The molecule has 2 unspecified atom stereocenters. The van der Waals surface area contributed by atoms with Gasteiger partial charge in [0, 0.05) is 6.26 Å². The number of Topliss-reactive ketones (excluding diaryl/α,β-unsaturated/α-hetero) is 1. The highest BCUT2D eigenvalue weighted by molar-refractivity contribution is 7.92. The summed E-state index contributed by atoms with van der Waals surface area (Å²) in [6.07, 6.45) is 0.906. The van der Waals surface area contributed by atoms with Crippen molar-refractivity contribution >= 4 is 15.6 Å². The molecule has 0 spiro atoms. The van der Waals surface area contributed by atoms with Gasteiger partial charge in [0.15, 0.2) is 15.6 Å². The molecule has 0 aliphatic rings. The summed E-state index contributed by atoms with van der Waals surface area (Å²) < 4.78 is 50.9. The Balaban J connectivity index is 3.01. The molecule has 1 rings (SSSR count). The molecule has 2 atom stereocenters. The maximum absolute atomic E-state index is 12.0. The number of hydrogen-bond acceptors (Lipinski definition) is 5. The molecule has 0 aromatic heterocycles. The van der Waals surface area contributed by atoms with Crippen molar-refractivity contribution in [3.8, 4) is 11.8 Å². The second kappa shape index (κ2) is 6.63. The molecule has 1 aromatic rings. The number of benzene rings is 1. The number of hydrogen-bond donors (Lipinski definition) is 0. The van der Waals surface area contributed by atoms with Crippen LogP contribution in [0.3, 0.4) is 0 Å². The Morgan fingerprint density at radius 2 is 1.81 bits per heavy atom. The fraction of sp³-hybridized carbons (Fsp3) is 0.385. The summed E-state index contributed by atoms with van der Waals surface area (Å²) in [5.74, 6) is -2.16. The largest absolute Gasteiger partial charge is 0.435 e. The fourth-order valence-corrected chi connectivity index (χ4v) is 2.15. The normalized spacial score (nSPS) is 14.3. The molecule has 0 heterocycles. The zero-order valence-corrected chi connectivity index (χ0v) is 12.1. The van der Waals surface area contributed by atoms with Gasteiger partial charge in [-0.15, -0.1) is 0 Å². The predicted octanol–water partition coefficient (Wildman–Crippen LogP) is 1.90. The summed E-state index contributed by atoms with van der Waals surface area (Å²) in [5.41, 5.74) is 0.222. The number of ether oxygens (including phenoxy) is 1. The first kappa shape index (κ1) is 17.0. The molecule has 21 heavy (non-hydrogen) atoms.